The van der Waals surface area contributed by atoms with Gasteiger partial charge in [-0.3, -0.25) is 0 Å². The van der Waals surface area contributed by atoms with Gasteiger partial charge in [-0.05, 0) is 25.1 Å². The van der Waals surface area contributed by atoms with Crippen LogP contribution in [0.2, 0.25) is 5.02 Å². The highest BCUT2D eigenvalue weighted by molar-refractivity contribution is 6.30. The van der Waals surface area contributed by atoms with Gasteiger partial charge in [0.1, 0.15) is 17.7 Å². The predicted molar refractivity (Wildman–Crippen MR) is 70.9 cm³/mol. The number of nitrogens with one attached hydrogen (secondary N) is 1. The molecule has 0 aromatic heterocycles. The molecule has 0 aliphatic rings. The van der Waals surface area contributed by atoms with E-state index in [0.717, 1.165) is 13.0 Å². The van der Waals surface area contributed by atoms with E-state index in [1.165, 1.54) is 12.1 Å². The van der Waals surface area contributed by atoms with Gasteiger partial charge in [-0.1, -0.05) is 18.5 Å². The third kappa shape index (κ3) is 5.21. The van der Waals surface area contributed by atoms with Crippen LogP contribution in [0.25, 0.3) is 0 Å². The lowest BCUT2D eigenvalue weighted by atomic mass is 10.3. The van der Waals surface area contributed by atoms with Crippen molar-refractivity contribution in [2.24, 2.45) is 0 Å². The van der Waals surface area contributed by atoms with E-state index in [-0.39, 0.29) is 11.1 Å². The van der Waals surface area contributed by atoms with Crippen LogP contribution in [0.15, 0.2) is 18.2 Å². The van der Waals surface area contributed by atoms with Crippen LogP contribution in [0.3, 0.4) is 0 Å². The van der Waals surface area contributed by atoms with Crippen molar-refractivity contribution >= 4 is 11.6 Å². The Bertz CT molecular complexity index is 363. The van der Waals surface area contributed by atoms with E-state index < -0.39 is 5.82 Å². The smallest absolute Gasteiger partial charge is 0.142 e. The van der Waals surface area contributed by atoms with Crippen molar-refractivity contribution in [2.45, 2.75) is 19.4 Å². The summed E-state index contributed by atoms with van der Waals surface area (Å²) in [6.45, 7) is 4.16. The Morgan fingerprint density at radius 2 is 2.22 bits per heavy atom. The van der Waals surface area contributed by atoms with Crippen molar-refractivity contribution in [1.82, 2.24) is 5.32 Å². The summed E-state index contributed by atoms with van der Waals surface area (Å²) in [6, 6.07) is 4.32. The molecular formula is C13H19ClFNO2. The number of hydrogen-bond acceptors (Lipinski definition) is 3. The molecule has 0 saturated carbocycles. The summed E-state index contributed by atoms with van der Waals surface area (Å²) in [5.41, 5.74) is 0. The van der Waals surface area contributed by atoms with Crippen LogP contribution in [0.4, 0.5) is 4.39 Å². The molecule has 0 aliphatic heterocycles. The van der Waals surface area contributed by atoms with Gasteiger partial charge >= 0.3 is 0 Å². The molecule has 5 heteroatoms. The first-order chi connectivity index (χ1) is 8.67. The molecule has 0 heterocycles. The fraction of sp³-hybridized carbons (Fsp3) is 0.538. The molecule has 0 radical (unpaired) electrons. The van der Waals surface area contributed by atoms with Gasteiger partial charge in [-0.25, -0.2) is 4.39 Å². The summed E-state index contributed by atoms with van der Waals surface area (Å²) in [4.78, 5) is 0. The zero-order valence-corrected chi connectivity index (χ0v) is 11.5. The van der Waals surface area contributed by atoms with E-state index in [9.17, 15) is 4.39 Å². The first-order valence-electron chi connectivity index (χ1n) is 5.98. The second-order valence-corrected chi connectivity index (χ2v) is 4.38. The monoisotopic (exact) mass is 275 g/mol. The second kappa shape index (κ2) is 8.29. The van der Waals surface area contributed by atoms with Crippen LogP contribution in [-0.2, 0) is 4.74 Å². The molecule has 3 nitrogen and oxygen atoms in total. The SMILES string of the molecule is CCCNCC(COC)Oc1ccc(F)c(Cl)c1. The quantitative estimate of drug-likeness (QED) is 0.740. The molecule has 0 fully saturated rings. The van der Waals surface area contributed by atoms with Gasteiger partial charge < -0.3 is 14.8 Å². The summed E-state index contributed by atoms with van der Waals surface area (Å²) in [7, 11) is 1.62. The molecule has 0 spiro atoms. The highest BCUT2D eigenvalue weighted by Gasteiger charge is 2.11. The van der Waals surface area contributed by atoms with Gasteiger partial charge in [0.2, 0.25) is 0 Å². The molecule has 0 amide bonds. The standard InChI is InChI=1S/C13H19ClFNO2/c1-3-6-16-8-11(9-17-2)18-10-4-5-13(15)12(14)7-10/h4-5,7,11,16H,3,6,8-9H2,1-2H3. The third-order valence-corrected chi connectivity index (χ3v) is 2.63. The Hall–Kier alpha value is -0.840. The molecule has 1 rings (SSSR count). The zero-order chi connectivity index (χ0) is 13.4. The molecule has 1 aromatic carbocycles. The van der Waals surface area contributed by atoms with Crippen molar-refractivity contribution in [2.75, 3.05) is 26.8 Å². The summed E-state index contributed by atoms with van der Waals surface area (Å²) in [5, 5.41) is 3.31. The van der Waals surface area contributed by atoms with Crippen LogP contribution in [0.1, 0.15) is 13.3 Å². The van der Waals surface area contributed by atoms with Crippen LogP contribution < -0.4 is 10.1 Å². The van der Waals surface area contributed by atoms with Crippen LogP contribution in [0, 0.1) is 5.82 Å². The number of hydrogen-bond donors (Lipinski definition) is 1. The van der Waals surface area contributed by atoms with E-state index in [4.69, 9.17) is 21.1 Å². The largest absolute Gasteiger partial charge is 0.487 e. The Morgan fingerprint density at radius 1 is 1.44 bits per heavy atom. The van der Waals surface area contributed by atoms with E-state index in [2.05, 4.69) is 12.2 Å². The molecule has 0 bridgehead atoms. The number of ether oxygens (including phenoxy) is 2. The van der Waals surface area contributed by atoms with Gasteiger partial charge in [0.15, 0.2) is 0 Å². The number of halogens is 2. The Morgan fingerprint density at radius 3 is 2.83 bits per heavy atom. The minimum absolute atomic E-state index is 0.0604. The topological polar surface area (TPSA) is 30.5 Å². The molecular weight excluding hydrogens is 257 g/mol. The number of methoxy groups -OCH3 is 1. The number of benzene rings is 1. The molecule has 18 heavy (non-hydrogen) atoms. The molecule has 1 atom stereocenters. The van der Waals surface area contributed by atoms with E-state index in [1.807, 2.05) is 0 Å². The molecule has 1 N–H and O–H groups in total. The summed E-state index contributed by atoms with van der Waals surface area (Å²) in [5.74, 6) is 0.0955. The number of rotatable bonds is 8. The second-order valence-electron chi connectivity index (χ2n) is 3.98. The normalized spacial score (nSPS) is 12.4. The summed E-state index contributed by atoms with van der Waals surface area (Å²) < 4.78 is 23.8. The molecule has 1 unspecified atom stereocenters. The van der Waals surface area contributed by atoms with Crippen molar-refractivity contribution in [3.63, 3.8) is 0 Å². The van der Waals surface area contributed by atoms with Crippen molar-refractivity contribution in [3.8, 4) is 5.75 Å². The van der Waals surface area contributed by atoms with E-state index in [0.29, 0.717) is 18.9 Å². The third-order valence-electron chi connectivity index (χ3n) is 2.35. The van der Waals surface area contributed by atoms with Crippen molar-refractivity contribution < 1.29 is 13.9 Å². The maximum Gasteiger partial charge on any atom is 0.142 e. The van der Waals surface area contributed by atoms with Gasteiger partial charge in [0.25, 0.3) is 0 Å². The molecule has 0 saturated heterocycles. The minimum Gasteiger partial charge on any atom is -0.487 e. The van der Waals surface area contributed by atoms with Crippen molar-refractivity contribution in [3.05, 3.63) is 29.0 Å². The first kappa shape index (κ1) is 15.2. The molecule has 0 aliphatic carbocycles. The molecule has 102 valence electrons. The summed E-state index contributed by atoms with van der Waals surface area (Å²) in [6.07, 6.45) is 0.935. The fourth-order valence-electron chi connectivity index (χ4n) is 1.50. The lowest BCUT2D eigenvalue weighted by molar-refractivity contribution is 0.0807. The van der Waals surface area contributed by atoms with Gasteiger partial charge in [0, 0.05) is 19.7 Å². The van der Waals surface area contributed by atoms with Gasteiger partial charge in [-0.15, -0.1) is 0 Å². The average Bonchev–Trinajstić information content (AvgIpc) is 2.34. The Labute approximate surface area is 112 Å². The van der Waals surface area contributed by atoms with Gasteiger partial charge in [-0.2, -0.15) is 0 Å². The average molecular weight is 276 g/mol. The maximum absolute atomic E-state index is 13.0. The van der Waals surface area contributed by atoms with Crippen LogP contribution >= 0.6 is 11.6 Å². The maximum atomic E-state index is 13.0. The highest BCUT2D eigenvalue weighted by atomic mass is 35.5. The zero-order valence-electron chi connectivity index (χ0n) is 10.7. The van der Waals surface area contributed by atoms with Gasteiger partial charge in [0.05, 0.1) is 11.6 Å². The van der Waals surface area contributed by atoms with E-state index in [1.54, 1.807) is 13.2 Å². The Balaban J connectivity index is 2.55. The lowest BCUT2D eigenvalue weighted by Crippen LogP contribution is -2.35. The minimum atomic E-state index is -0.448. The fourth-order valence-corrected chi connectivity index (χ4v) is 1.67. The highest BCUT2D eigenvalue weighted by Crippen LogP contribution is 2.21. The predicted octanol–water partition coefficient (Wildman–Crippen LogP) is 2.87. The van der Waals surface area contributed by atoms with E-state index >= 15 is 0 Å². The first-order valence-corrected chi connectivity index (χ1v) is 6.36. The Kier molecular flexibility index (Phi) is 7.01. The van der Waals surface area contributed by atoms with Crippen molar-refractivity contribution in [1.29, 1.82) is 0 Å². The summed E-state index contributed by atoms with van der Waals surface area (Å²) >= 11 is 5.70. The lowest BCUT2D eigenvalue weighted by Gasteiger charge is -2.19. The van der Waals surface area contributed by atoms with Crippen LogP contribution in [0.5, 0.6) is 5.75 Å². The molecule has 1 aromatic rings. The van der Waals surface area contributed by atoms with Crippen LogP contribution in [-0.4, -0.2) is 32.9 Å².